The number of aryl methyl sites for hydroxylation is 1. The van der Waals surface area contributed by atoms with Crippen LogP contribution < -0.4 is 10.9 Å². The first-order valence-corrected chi connectivity index (χ1v) is 11.8. The van der Waals surface area contributed by atoms with Crippen molar-refractivity contribution >= 4 is 39.2 Å². The second-order valence-electron chi connectivity index (χ2n) is 7.59. The molecule has 7 heteroatoms. The van der Waals surface area contributed by atoms with E-state index in [1.165, 1.54) is 29.5 Å². The summed E-state index contributed by atoms with van der Waals surface area (Å²) in [4.78, 5) is 34.3. The Hall–Kier alpha value is -1.34. The molecule has 148 valence electrons. The summed E-state index contributed by atoms with van der Waals surface area (Å²) in [6.07, 6.45) is 6.63. The van der Waals surface area contributed by atoms with Crippen LogP contribution in [0.25, 0.3) is 10.2 Å². The predicted molar refractivity (Wildman–Crippen MR) is 115 cm³/mol. The van der Waals surface area contributed by atoms with E-state index in [1.54, 1.807) is 11.3 Å². The molecule has 0 aliphatic heterocycles. The number of H-pyrrole nitrogens is 1. The van der Waals surface area contributed by atoms with Crippen molar-refractivity contribution in [1.29, 1.82) is 0 Å². The van der Waals surface area contributed by atoms with Crippen molar-refractivity contribution in [2.45, 2.75) is 71.1 Å². The zero-order valence-electron chi connectivity index (χ0n) is 16.4. The van der Waals surface area contributed by atoms with Crippen molar-refractivity contribution in [3.8, 4) is 0 Å². The van der Waals surface area contributed by atoms with Crippen LogP contribution in [-0.2, 0) is 17.0 Å². The average molecular weight is 408 g/mol. The molecule has 1 aliphatic carbocycles. The summed E-state index contributed by atoms with van der Waals surface area (Å²) in [5.41, 5.74) is 1.10. The average Bonchev–Trinajstić information content (AvgIpc) is 3.23. The normalized spacial score (nSPS) is 16.1. The lowest BCUT2D eigenvalue weighted by Crippen LogP contribution is -2.33. The van der Waals surface area contributed by atoms with Gasteiger partial charge in [-0.1, -0.05) is 33.1 Å². The highest BCUT2D eigenvalue weighted by atomic mass is 32.2. The van der Waals surface area contributed by atoms with Gasteiger partial charge in [0.1, 0.15) is 10.7 Å². The number of aromatic amines is 1. The molecular formula is C20H29N3O2S2. The number of fused-ring (bicyclic) bond motifs is 1. The second-order valence-corrected chi connectivity index (χ2v) is 9.78. The summed E-state index contributed by atoms with van der Waals surface area (Å²) < 4.78 is 0. The maximum absolute atomic E-state index is 12.7. The lowest BCUT2D eigenvalue weighted by atomic mass is 9.98. The zero-order valence-corrected chi connectivity index (χ0v) is 18.0. The second kappa shape index (κ2) is 9.24. The van der Waals surface area contributed by atoms with Gasteiger partial charge in [-0.15, -0.1) is 23.1 Å². The van der Waals surface area contributed by atoms with E-state index >= 15 is 0 Å². The molecule has 0 aromatic carbocycles. The van der Waals surface area contributed by atoms with Crippen molar-refractivity contribution in [1.82, 2.24) is 15.3 Å². The first kappa shape index (κ1) is 20.4. The third-order valence-electron chi connectivity index (χ3n) is 5.35. The monoisotopic (exact) mass is 407 g/mol. The van der Waals surface area contributed by atoms with E-state index in [2.05, 4.69) is 36.1 Å². The Bertz CT molecular complexity index is 853. The van der Waals surface area contributed by atoms with Crippen LogP contribution in [0.3, 0.4) is 0 Å². The number of aromatic nitrogens is 2. The van der Waals surface area contributed by atoms with Crippen molar-refractivity contribution in [3.05, 3.63) is 26.6 Å². The highest BCUT2D eigenvalue weighted by Crippen LogP contribution is 2.29. The largest absolute Gasteiger partial charge is 0.353 e. The summed E-state index contributed by atoms with van der Waals surface area (Å²) in [5, 5.41) is 3.85. The van der Waals surface area contributed by atoms with Gasteiger partial charge >= 0.3 is 0 Å². The Labute approximate surface area is 168 Å². The summed E-state index contributed by atoms with van der Waals surface area (Å²) in [6, 6.07) is 0.352. The van der Waals surface area contributed by atoms with Crippen LogP contribution in [0.1, 0.15) is 62.2 Å². The molecule has 1 saturated carbocycles. The van der Waals surface area contributed by atoms with E-state index in [0.717, 1.165) is 41.5 Å². The van der Waals surface area contributed by atoms with Gasteiger partial charge in [0.05, 0.1) is 16.9 Å². The molecule has 0 saturated heterocycles. The zero-order chi connectivity index (χ0) is 19.4. The number of nitrogens with one attached hydrogen (secondary N) is 2. The minimum atomic E-state index is -0.0475. The molecule has 0 radical (unpaired) electrons. The Morgan fingerprint density at radius 3 is 2.85 bits per heavy atom. The lowest BCUT2D eigenvalue weighted by Gasteiger charge is -2.11. The first-order valence-electron chi connectivity index (χ1n) is 9.86. The van der Waals surface area contributed by atoms with E-state index in [9.17, 15) is 9.59 Å². The summed E-state index contributed by atoms with van der Waals surface area (Å²) in [7, 11) is 0. The van der Waals surface area contributed by atoms with Gasteiger partial charge in [-0.3, -0.25) is 9.59 Å². The van der Waals surface area contributed by atoms with Crippen molar-refractivity contribution in [3.63, 3.8) is 0 Å². The first-order chi connectivity index (χ1) is 13.0. The predicted octanol–water partition coefficient (Wildman–Crippen LogP) is 4.17. The Morgan fingerprint density at radius 2 is 2.15 bits per heavy atom. The number of rotatable bonds is 8. The molecule has 27 heavy (non-hydrogen) atoms. The van der Waals surface area contributed by atoms with Gasteiger partial charge in [0.25, 0.3) is 5.56 Å². The number of thioether (sulfide) groups is 1. The lowest BCUT2D eigenvalue weighted by molar-refractivity contribution is -0.119. The minimum Gasteiger partial charge on any atom is -0.353 e. The topological polar surface area (TPSA) is 74.8 Å². The van der Waals surface area contributed by atoms with Gasteiger partial charge < -0.3 is 10.3 Å². The van der Waals surface area contributed by atoms with Crippen molar-refractivity contribution < 1.29 is 4.79 Å². The molecule has 1 atom stereocenters. The summed E-state index contributed by atoms with van der Waals surface area (Å²) in [5.74, 6) is 2.23. The maximum atomic E-state index is 12.7. The number of thiophene rings is 1. The van der Waals surface area contributed by atoms with Crippen molar-refractivity contribution in [2.24, 2.45) is 5.92 Å². The smallest absolute Gasteiger partial charge is 0.259 e. The Morgan fingerprint density at radius 1 is 1.41 bits per heavy atom. The van der Waals surface area contributed by atoms with Gasteiger partial charge in [0.15, 0.2) is 0 Å². The fourth-order valence-electron chi connectivity index (χ4n) is 3.61. The van der Waals surface area contributed by atoms with Crippen LogP contribution in [0, 0.1) is 12.8 Å². The molecule has 0 unspecified atom stereocenters. The van der Waals surface area contributed by atoms with Gasteiger partial charge in [0, 0.05) is 10.9 Å². The summed E-state index contributed by atoms with van der Waals surface area (Å²) in [6.45, 7) is 6.46. The summed E-state index contributed by atoms with van der Waals surface area (Å²) >= 11 is 3.10. The number of carbonyl (C=O) groups excluding carboxylic acids is 1. The third-order valence-corrected chi connectivity index (χ3v) is 7.34. The molecule has 2 aromatic rings. The van der Waals surface area contributed by atoms with Crippen LogP contribution in [0.15, 0.2) is 4.79 Å². The molecule has 1 amide bonds. The van der Waals surface area contributed by atoms with Gasteiger partial charge in [-0.2, -0.15) is 0 Å². The van der Waals surface area contributed by atoms with Crippen molar-refractivity contribution in [2.75, 3.05) is 5.75 Å². The van der Waals surface area contributed by atoms with E-state index < -0.39 is 0 Å². The van der Waals surface area contributed by atoms with Crippen LogP contribution in [0.2, 0.25) is 0 Å². The number of nitrogens with zero attached hydrogens (tertiary/aromatic N) is 1. The Balaban J connectivity index is 1.64. The van der Waals surface area contributed by atoms with Gasteiger partial charge in [0.2, 0.25) is 5.91 Å². The fraction of sp³-hybridized carbons (Fsp3) is 0.650. The standard InChI is InChI=1S/C20H29N3O2S2/c1-4-12(2)9-15-13(3)27-20-18(15)19(25)22-16(23-20)10-26-11-17(24)21-14-7-5-6-8-14/h12,14H,4-11H2,1-3H3,(H,21,24)(H,22,23,25)/t12-/m0/s1. The van der Waals surface area contributed by atoms with E-state index in [0.29, 0.717) is 29.3 Å². The van der Waals surface area contributed by atoms with Crippen LogP contribution in [-0.4, -0.2) is 27.7 Å². The van der Waals surface area contributed by atoms with Crippen LogP contribution in [0.5, 0.6) is 0 Å². The van der Waals surface area contributed by atoms with E-state index in [-0.39, 0.29) is 11.5 Å². The molecule has 2 aromatic heterocycles. The number of hydrogen-bond acceptors (Lipinski definition) is 5. The SMILES string of the molecule is CC[C@H](C)Cc1c(C)sc2nc(CSCC(=O)NC3CCCC3)[nH]c(=O)c12. The molecule has 0 spiro atoms. The van der Waals surface area contributed by atoms with E-state index in [1.807, 2.05) is 0 Å². The van der Waals surface area contributed by atoms with E-state index in [4.69, 9.17) is 0 Å². The van der Waals surface area contributed by atoms with Gasteiger partial charge in [-0.25, -0.2) is 4.98 Å². The molecular weight excluding hydrogens is 378 g/mol. The number of carbonyl (C=O) groups is 1. The highest BCUT2D eigenvalue weighted by Gasteiger charge is 2.18. The minimum absolute atomic E-state index is 0.0475. The molecule has 5 nitrogen and oxygen atoms in total. The maximum Gasteiger partial charge on any atom is 0.259 e. The molecule has 0 bridgehead atoms. The third kappa shape index (κ3) is 5.13. The van der Waals surface area contributed by atoms with Crippen LogP contribution in [0.4, 0.5) is 0 Å². The fourth-order valence-corrected chi connectivity index (χ4v) is 5.38. The number of amides is 1. The highest BCUT2D eigenvalue weighted by molar-refractivity contribution is 7.99. The Kier molecular flexibility index (Phi) is 6.98. The quantitative estimate of drug-likeness (QED) is 0.688. The molecule has 2 N–H and O–H groups in total. The number of hydrogen-bond donors (Lipinski definition) is 2. The molecule has 1 aliphatic rings. The molecule has 1 fully saturated rings. The molecule has 3 rings (SSSR count). The van der Waals surface area contributed by atoms with Crippen LogP contribution >= 0.6 is 23.1 Å². The van der Waals surface area contributed by atoms with Gasteiger partial charge in [-0.05, 0) is 37.7 Å². The molecule has 2 heterocycles.